The van der Waals surface area contributed by atoms with Gasteiger partial charge in [0.1, 0.15) is 5.75 Å². The second-order valence-electron chi connectivity index (χ2n) is 4.42. The molecule has 5 heteroatoms. The van der Waals surface area contributed by atoms with Crippen molar-refractivity contribution in [1.29, 1.82) is 0 Å². The third-order valence-electron chi connectivity index (χ3n) is 3.10. The summed E-state index contributed by atoms with van der Waals surface area (Å²) in [7, 11) is 1.68. The number of hydrogen-bond acceptors (Lipinski definition) is 5. The first-order chi connectivity index (χ1) is 8.74. The van der Waals surface area contributed by atoms with Crippen molar-refractivity contribution in [2.75, 3.05) is 12.8 Å². The van der Waals surface area contributed by atoms with Gasteiger partial charge in [0.15, 0.2) is 5.13 Å². The average molecular weight is 261 g/mol. The molecule has 0 unspecified atom stereocenters. The van der Waals surface area contributed by atoms with Crippen LogP contribution in [0, 0.1) is 0 Å². The molecule has 0 atom stereocenters. The van der Waals surface area contributed by atoms with E-state index in [9.17, 15) is 0 Å². The van der Waals surface area contributed by atoms with Gasteiger partial charge in [0.05, 0.1) is 12.8 Å². The molecule has 0 aliphatic carbocycles. The summed E-state index contributed by atoms with van der Waals surface area (Å²) < 4.78 is 5.15. The summed E-state index contributed by atoms with van der Waals surface area (Å²) in [5, 5.41) is 0.684. The lowest BCUT2D eigenvalue weighted by Gasteiger charge is -2.14. The SMILES string of the molecule is COc1ccc(CN2Cc3nc(N)sc3C2)cc1. The fourth-order valence-corrected chi connectivity index (χ4v) is 3.11. The summed E-state index contributed by atoms with van der Waals surface area (Å²) >= 11 is 1.60. The fourth-order valence-electron chi connectivity index (χ4n) is 2.22. The van der Waals surface area contributed by atoms with Crippen LogP contribution in [0.1, 0.15) is 16.1 Å². The molecule has 2 N–H and O–H groups in total. The summed E-state index contributed by atoms with van der Waals surface area (Å²) in [6.45, 7) is 2.79. The van der Waals surface area contributed by atoms with E-state index in [1.54, 1.807) is 18.4 Å². The number of nitrogens with two attached hydrogens (primary N) is 1. The molecule has 2 aromatic rings. The Morgan fingerprint density at radius 2 is 2.11 bits per heavy atom. The number of nitrogens with zero attached hydrogens (tertiary/aromatic N) is 2. The zero-order valence-corrected chi connectivity index (χ0v) is 11.0. The third kappa shape index (κ3) is 2.19. The van der Waals surface area contributed by atoms with Gasteiger partial charge in [-0.25, -0.2) is 4.98 Å². The number of anilines is 1. The average Bonchev–Trinajstić information content (AvgIpc) is 2.86. The van der Waals surface area contributed by atoms with Crippen molar-refractivity contribution < 1.29 is 4.74 Å². The fraction of sp³-hybridized carbons (Fsp3) is 0.308. The normalized spacial score (nSPS) is 14.7. The minimum Gasteiger partial charge on any atom is -0.497 e. The maximum absolute atomic E-state index is 5.69. The van der Waals surface area contributed by atoms with Crippen LogP contribution in [0.4, 0.5) is 5.13 Å². The van der Waals surface area contributed by atoms with Crippen molar-refractivity contribution in [3.05, 3.63) is 40.4 Å². The van der Waals surface area contributed by atoms with E-state index < -0.39 is 0 Å². The Kier molecular flexibility index (Phi) is 2.93. The lowest BCUT2D eigenvalue weighted by atomic mass is 10.2. The second kappa shape index (κ2) is 4.59. The largest absolute Gasteiger partial charge is 0.497 e. The van der Waals surface area contributed by atoms with Gasteiger partial charge in [0, 0.05) is 24.5 Å². The molecule has 0 radical (unpaired) electrons. The smallest absolute Gasteiger partial charge is 0.180 e. The van der Waals surface area contributed by atoms with Crippen molar-refractivity contribution >= 4 is 16.5 Å². The molecule has 18 heavy (non-hydrogen) atoms. The molecule has 94 valence electrons. The van der Waals surface area contributed by atoms with Crippen LogP contribution in [0.25, 0.3) is 0 Å². The molecule has 2 heterocycles. The van der Waals surface area contributed by atoms with Crippen LogP contribution >= 0.6 is 11.3 Å². The molecule has 0 spiro atoms. The van der Waals surface area contributed by atoms with E-state index in [-0.39, 0.29) is 0 Å². The van der Waals surface area contributed by atoms with Crippen LogP contribution in [0.15, 0.2) is 24.3 Å². The van der Waals surface area contributed by atoms with Crippen molar-refractivity contribution in [1.82, 2.24) is 9.88 Å². The number of hydrogen-bond donors (Lipinski definition) is 1. The van der Waals surface area contributed by atoms with E-state index in [0.717, 1.165) is 31.1 Å². The number of ether oxygens (including phenoxy) is 1. The van der Waals surface area contributed by atoms with E-state index in [1.165, 1.54) is 10.4 Å². The Labute approximate surface area is 110 Å². The number of methoxy groups -OCH3 is 1. The van der Waals surface area contributed by atoms with Gasteiger partial charge < -0.3 is 10.5 Å². The summed E-state index contributed by atoms with van der Waals surface area (Å²) in [4.78, 5) is 8.02. The molecule has 1 aromatic carbocycles. The number of aromatic nitrogens is 1. The van der Waals surface area contributed by atoms with Gasteiger partial charge in [-0.1, -0.05) is 12.1 Å². The first-order valence-electron chi connectivity index (χ1n) is 5.84. The summed E-state index contributed by atoms with van der Waals surface area (Å²) in [5.41, 5.74) is 8.13. The number of thiazole rings is 1. The van der Waals surface area contributed by atoms with Crippen LogP contribution < -0.4 is 10.5 Å². The van der Waals surface area contributed by atoms with E-state index in [1.807, 2.05) is 12.1 Å². The quantitative estimate of drug-likeness (QED) is 0.920. The highest BCUT2D eigenvalue weighted by Gasteiger charge is 2.22. The second-order valence-corrected chi connectivity index (χ2v) is 5.53. The van der Waals surface area contributed by atoms with Crippen LogP contribution in [-0.2, 0) is 19.6 Å². The van der Waals surface area contributed by atoms with E-state index in [4.69, 9.17) is 10.5 Å². The monoisotopic (exact) mass is 261 g/mol. The number of benzene rings is 1. The lowest BCUT2D eigenvalue weighted by molar-refractivity contribution is 0.274. The Morgan fingerprint density at radius 1 is 1.33 bits per heavy atom. The van der Waals surface area contributed by atoms with Crippen molar-refractivity contribution in [3.8, 4) is 5.75 Å². The number of rotatable bonds is 3. The number of nitrogen functional groups attached to an aromatic ring is 1. The molecule has 1 aliphatic rings. The molecule has 0 amide bonds. The molecule has 4 nitrogen and oxygen atoms in total. The summed E-state index contributed by atoms with van der Waals surface area (Å²) in [6.07, 6.45) is 0. The highest BCUT2D eigenvalue weighted by Crippen LogP contribution is 2.30. The van der Waals surface area contributed by atoms with Crippen LogP contribution in [0.3, 0.4) is 0 Å². The van der Waals surface area contributed by atoms with Crippen molar-refractivity contribution in [2.24, 2.45) is 0 Å². The van der Waals surface area contributed by atoms with Crippen molar-refractivity contribution in [3.63, 3.8) is 0 Å². The minimum atomic E-state index is 0.684. The zero-order valence-electron chi connectivity index (χ0n) is 10.2. The van der Waals surface area contributed by atoms with Crippen LogP contribution in [0.5, 0.6) is 5.75 Å². The Balaban J connectivity index is 1.66. The van der Waals surface area contributed by atoms with Gasteiger partial charge in [-0.3, -0.25) is 4.90 Å². The highest BCUT2D eigenvalue weighted by atomic mass is 32.1. The van der Waals surface area contributed by atoms with E-state index >= 15 is 0 Å². The molecule has 0 fully saturated rings. The first-order valence-corrected chi connectivity index (χ1v) is 6.65. The van der Waals surface area contributed by atoms with Crippen LogP contribution in [-0.4, -0.2) is 17.0 Å². The topological polar surface area (TPSA) is 51.4 Å². The first kappa shape index (κ1) is 11.5. The van der Waals surface area contributed by atoms with Gasteiger partial charge in [-0.05, 0) is 17.7 Å². The van der Waals surface area contributed by atoms with Gasteiger partial charge >= 0.3 is 0 Å². The zero-order chi connectivity index (χ0) is 12.5. The summed E-state index contributed by atoms with van der Waals surface area (Å²) in [5.74, 6) is 0.897. The lowest BCUT2D eigenvalue weighted by Crippen LogP contribution is -2.15. The number of fused-ring (bicyclic) bond motifs is 1. The molecule has 0 saturated carbocycles. The molecular formula is C13H15N3OS. The maximum atomic E-state index is 5.69. The Morgan fingerprint density at radius 3 is 2.78 bits per heavy atom. The Hall–Kier alpha value is -1.59. The molecule has 0 bridgehead atoms. The Bertz CT molecular complexity index is 526. The highest BCUT2D eigenvalue weighted by molar-refractivity contribution is 7.15. The predicted molar refractivity (Wildman–Crippen MR) is 72.5 cm³/mol. The van der Waals surface area contributed by atoms with Gasteiger partial charge in [-0.15, -0.1) is 11.3 Å². The molecule has 0 saturated heterocycles. The third-order valence-corrected chi connectivity index (χ3v) is 4.01. The standard InChI is InChI=1S/C13H15N3OS/c1-17-10-4-2-9(3-5-10)6-16-7-11-12(8-16)18-13(14)15-11/h2-5H,6-8H2,1H3,(H2,14,15). The van der Waals surface area contributed by atoms with Gasteiger partial charge in [0.2, 0.25) is 0 Å². The minimum absolute atomic E-state index is 0.684. The molecule has 3 rings (SSSR count). The van der Waals surface area contributed by atoms with Gasteiger partial charge in [0.25, 0.3) is 0 Å². The molecular weight excluding hydrogens is 246 g/mol. The van der Waals surface area contributed by atoms with Crippen molar-refractivity contribution in [2.45, 2.75) is 19.6 Å². The van der Waals surface area contributed by atoms with Crippen LogP contribution in [0.2, 0.25) is 0 Å². The van der Waals surface area contributed by atoms with Gasteiger partial charge in [-0.2, -0.15) is 0 Å². The summed E-state index contributed by atoms with van der Waals surface area (Å²) in [6, 6.07) is 8.20. The predicted octanol–water partition coefficient (Wildman–Crippen LogP) is 2.25. The van der Waals surface area contributed by atoms with E-state index in [2.05, 4.69) is 22.0 Å². The molecule has 1 aromatic heterocycles. The van der Waals surface area contributed by atoms with E-state index in [0.29, 0.717) is 5.13 Å². The maximum Gasteiger partial charge on any atom is 0.180 e. The molecule has 1 aliphatic heterocycles.